The molecule has 4 nitrogen and oxygen atoms in total. The third-order valence-electron chi connectivity index (χ3n) is 1.68. The lowest BCUT2D eigenvalue weighted by atomic mass is 10.2. The molecule has 0 amide bonds. The molecule has 0 aliphatic rings. The Hall–Kier alpha value is -1.36. The third-order valence-corrected chi connectivity index (χ3v) is 2.04. The fourth-order valence-electron chi connectivity index (χ4n) is 1.11. The van der Waals surface area contributed by atoms with E-state index in [4.69, 9.17) is 5.73 Å². The van der Waals surface area contributed by atoms with Gasteiger partial charge in [-0.2, -0.15) is 0 Å². The van der Waals surface area contributed by atoms with Crippen LogP contribution in [0.25, 0.3) is 10.9 Å². The van der Waals surface area contributed by atoms with Gasteiger partial charge in [0.2, 0.25) is 0 Å². The summed E-state index contributed by atoms with van der Waals surface area (Å²) in [4.78, 5) is 8.00. The fourth-order valence-corrected chi connectivity index (χ4v) is 1.50. The first kappa shape index (κ1) is 8.25. The number of aromatic nitrogens is 2. The van der Waals surface area contributed by atoms with Gasteiger partial charge in [0.25, 0.3) is 0 Å². The summed E-state index contributed by atoms with van der Waals surface area (Å²) in [6.07, 6.45) is 0. The van der Waals surface area contributed by atoms with Crippen LogP contribution in [0.4, 0.5) is 5.82 Å². The van der Waals surface area contributed by atoms with Gasteiger partial charge in [-0.3, -0.25) is 0 Å². The van der Waals surface area contributed by atoms with Crippen LogP contribution in [0, 0.1) is 0 Å². The Morgan fingerprint density at radius 3 is 2.85 bits per heavy atom. The van der Waals surface area contributed by atoms with E-state index in [-0.39, 0.29) is 5.75 Å². The van der Waals surface area contributed by atoms with Crippen LogP contribution < -0.4 is 5.73 Å². The highest BCUT2D eigenvalue weighted by atomic mass is 79.9. The number of phenols is 1. The van der Waals surface area contributed by atoms with E-state index in [0.29, 0.717) is 16.1 Å². The van der Waals surface area contributed by atoms with Crippen molar-refractivity contribution in [1.82, 2.24) is 9.97 Å². The average molecular weight is 240 g/mol. The summed E-state index contributed by atoms with van der Waals surface area (Å²) in [5, 5.41) is 9.93. The molecule has 0 saturated carbocycles. The molecule has 0 radical (unpaired) electrons. The molecule has 0 bridgehead atoms. The predicted molar refractivity (Wildman–Crippen MR) is 53.3 cm³/mol. The summed E-state index contributed by atoms with van der Waals surface area (Å²) in [6, 6.07) is 4.78. The van der Waals surface area contributed by atoms with E-state index in [1.165, 1.54) is 6.07 Å². The van der Waals surface area contributed by atoms with Crippen LogP contribution in [0.15, 0.2) is 22.9 Å². The molecule has 0 aliphatic heterocycles. The zero-order valence-electron chi connectivity index (χ0n) is 6.53. The second-order valence-corrected chi connectivity index (χ2v) is 3.29. The molecule has 2 aromatic rings. The van der Waals surface area contributed by atoms with E-state index >= 15 is 0 Å². The van der Waals surface area contributed by atoms with E-state index < -0.39 is 0 Å². The van der Waals surface area contributed by atoms with E-state index in [9.17, 15) is 5.11 Å². The number of aromatic hydroxyl groups is 1. The van der Waals surface area contributed by atoms with Gasteiger partial charge in [-0.25, -0.2) is 9.97 Å². The number of fused-ring (bicyclic) bond motifs is 1. The Balaban J connectivity index is 2.86. The standard InChI is InChI=1S/C8H6BrN3O/c9-8-11-6-3-4(13)1-2-5(6)7(10)12-8/h1-3,13H,(H2,10,11,12). The van der Waals surface area contributed by atoms with E-state index in [1.807, 2.05) is 0 Å². The molecule has 0 fully saturated rings. The number of nitrogen functional groups attached to an aromatic ring is 1. The first-order valence-corrected chi connectivity index (χ1v) is 4.38. The summed E-state index contributed by atoms with van der Waals surface area (Å²) in [5.41, 5.74) is 6.27. The summed E-state index contributed by atoms with van der Waals surface area (Å²) in [5.74, 6) is 0.564. The molecule has 66 valence electrons. The highest BCUT2D eigenvalue weighted by molar-refractivity contribution is 9.10. The van der Waals surface area contributed by atoms with Gasteiger partial charge >= 0.3 is 0 Å². The second-order valence-electron chi connectivity index (χ2n) is 2.58. The van der Waals surface area contributed by atoms with Crippen molar-refractivity contribution < 1.29 is 5.11 Å². The number of halogens is 1. The molecular formula is C8H6BrN3O. The molecule has 0 atom stereocenters. The minimum atomic E-state index is 0.164. The fraction of sp³-hybridized carbons (Fsp3) is 0. The highest BCUT2D eigenvalue weighted by Gasteiger charge is 2.03. The Morgan fingerprint density at radius 2 is 2.08 bits per heavy atom. The van der Waals surface area contributed by atoms with Crippen molar-refractivity contribution in [2.45, 2.75) is 0 Å². The van der Waals surface area contributed by atoms with Crippen molar-refractivity contribution in [3.05, 3.63) is 22.9 Å². The number of rotatable bonds is 0. The van der Waals surface area contributed by atoms with Crippen LogP contribution in [0.3, 0.4) is 0 Å². The van der Waals surface area contributed by atoms with E-state index in [0.717, 1.165) is 5.39 Å². The quantitative estimate of drug-likeness (QED) is 0.687. The monoisotopic (exact) mass is 239 g/mol. The van der Waals surface area contributed by atoms with Gasteiger partial charge < -0.3 is 10.8 Å². The first-order valence-electron chi connectivity index (χ1n) is 3.58. The number of anilines is 1. The molecule has 1 heterocycles. The smallest absolute Gasteiger partial charge is 0.199 e. The molecule has 13 heavy (non-hydrogen) atoms. The van der Waals surface area contributed by atoms with Gasteiger partial charge in [0.1, 0.15) is 11.6 Å². The lowest BCUT2D eigenvalue weighted by Gasteiger charge is -2.01. The van der Waals surface area contributed by atoms with Crippen molar-refractivity contribution >= 4 is 32.7 Å². The van der Waals surface area contributed by atoms with Crippen LogP contribution >= 0.6 is 15.9 Å². The largest absolute Gasteiger partial charge is 0.508 e. The molecule has 0 aliphatic carbocycles. The van der Waals surface area contributed by atoms with Gasteiger partial charge in [-0.05, 0) is 28.1 Å². The number of benzene rings is 1. The van der Waals surface area contributed by atoms with Crippen molar-refractivity contribution in [1.29, 1.82) is 0 Å². The number of nitrogens with two attached hydrogens (primary N) is 1. The van der Waals surface area contributed by atoms with Crippen LogP contribution in [0.2, 0.25) is 0 Å². The lowest BCUT2D eigenvalue weighted by Crippen LogP contribution is -1.94. The summed E-state index contributed by atoms with van der Waals surface area (Å²) in [7, 11) is 0. The topological polar surface area (TPSA) is 72.0 Å². The molecule has 5 heteroatoms. The maximum absolute atomic E-state index is 9.20. The number of hydrogen-bond acceptors (Lipinski definition) is 4. The summed E-state index contributed by atoms with van der Waals surface area (Å²) in [6.45, 7) is 0. The zero-order valence-corrected chi connectivity index (χ0v) is 8.12. The van der Waals surface area contributed by atoms with Gasteiger partial charge in [0.05, 0.1) is 5.52 Å². The molecule has 2 rings (SSSR count). The van der Waals surface area contributed by atoms with Gasteiger partial charge in [0, 0.05) is 11.5 Å². The third kappa shape index (κ3) is 1.42. The zero-order chi connectivity index (χ0) is 9.42. The molecule has 3 N–H and O–H groups in total. The average Bonchev–Trinajstić information content (AvgIpc) is 2.02. The molecular weight excluding hydrogens is 234 g/mol. The lowest BCUT2D eigenvalue weighted by molar-refractivity contribution is 0.476. The van der Waals surface area contributed by atoms with Crippen molar-refractivity contribution in [3.63, 3.8) is 0 Å². The Kier molecular flexibility index (Phi) is 1.81. The molecule has 1 aromatic carbocycles. The molecule has 0 spiro atoms. The second kappa shape index (κ2) is 2.85. The Morgan fingerprint density at radius 1 is 1.31 bits per heavy atom. The number of nitrogens with zero attached hydrogens (tertiary/aromatic N) is 2. The van der Waals surface area contributed by atoms with Crippen LogP contribution in [-0.4, -0.2) is 15.1 Å². The van der Waals surface area contributed by atoms with Crippen LogP contribution in [0.1, 0.15) is 0 Å². The van der Waals surface area contributed by atoms with E-state index in [1.54, 1.807) is 12.1 Å². The maximum atomic E-state index is 9.20. The Bertz CT molecular complexity index is 467. The van der Waals surface area contributed by atoms with Gasteiger partial charge in [0.15, 0.2) is 4.73 Å². The van der Waals surface area contributed by atoms with Gasteiger partial charge in [-0.1, -0.05) is 0 Å². The van der Waals surface area contributed by atoms with Crippen molar-refractivity contribution in [2.24, 2.45) is 0 Å². The Labute approximate surface area is 82.6 Å². The van der Waals surface area contributed by atoms with Crippen LogP contribution in [0.5, 0.6) is 5.75 Å². The predicted octanol–water partition coefficient (Wildman–Crippen LogP) is 1.68. The maximum Gasteiger partial charge on any atom is 0.199 e. The summed E-state index contributed by atoms with van der Waals surface area (Å²) < 4.78 is 0.420. The van der Waals surface area contributed by atoms with Crippen molar-refractivity contribution in [2.75, 3.05) is 5.73 Å². The number of phenolic OH excluding ortho intramolecular Hbond substituents is 1. The molecule has 1 aromatic heterocycles. The highest BCUT2D eigenvalue weighted by Crippen LogP contribution is 2.23. The molecule has 0 saturated heterocycles. The normalized spacial score (nSPS) is 10.5. The van der Waals surface area contributed by atoms with Crippen molar-refractivity contribution in [3.8, 4) is 5.75 Å². The van der Waals surface area contributed by atoms with Crippen LogP contribution in [-0.2, 0) is 0 Å². The van der Waals surface area contributed by atoms with E-state index in [2.05, 4.69) is 25.9 Å². The number of hydrogen-bond donors (Lipinski definition) is 2. The SMILES string of the molecule is Nc1nc(Br)nc2cc(O)ccc12. The molecule has 0 unspecified atom stereocenters. The van der Waals surface area contributed by atoms with Gasteiger partial charge in [-0.15, -0.1) is 0 Å². The minimum Gasteiger partial charge on any atom is -0.508 e. The summed E-state index contributed by atoms with van der Waals surface area (Å²) >= 11 is 3.12. The first-order chi connectivity index (χ1) is 6.16. The minimum absolute atomic E-state index is 0.164.